The second-order valence-electron chi connectivity index (χ2n) is 3.06. The third-order valence-corrected chi connectivity index (χ3v) is 2.24. The van der Waals surface area contributed by atoms with Crippen LogP contribution in [0.5, 0.6) is 0 Å². The second-order valence-corrected chi connectivity index (χ2v) is 3.42. The minimum Gasteiger partial charge on any atom is -0.324 e. The predicted octanol–water partition coefficient (Wildman–Crippen LogP) is 2.37. The van der Waals surface area contributed by atoms with Crippen LogP contribution in [0.25, 0.3) is 0 Å². The number of pyridine rings is 1. The minimum atomic E-state index is -0.0516. The van der Waals surface area contributed by atoms with E-state index in [1.165, 1.54) is 0 Å². The lowest BCUT2D eigenvalue weighted by atomic mass is 10.1. The zero-order valence-electron chi connectivity index (χ0n) is 7.56. The molecular formula is C9H13ClN2. The van der Waals surface area contributed by atoms with Crippen LogP contribution in [0.2, 0.25) is 5.15 Å². The number of aromatic nitrogens is 1. The maximum Gasteiger partial charge on any atom is 0.134 e. The van der Waals surface area contributed by atoms with Crippen LogP contribution in [-0.2, 0) is 0 Å². The number of hydrogen-bond acceptors (Lipinski definition) is 2. The van der Waals surface area contributed by atoms with E-state index in [-0.39, 0.29) is 6.04 Å². The Kier molecular flexibility index (Phi) is 2.70. The highest BCUT2D eigenvalue weighted by Crippen LogP contribution is 2.21. The van der Waals surface area contributed by atoms with Crippen molar-refractivity contribution in [3.05, 3.63) is 28.0 Å². The van der Waals surface area contributed by atoms with Crippen molar-refractivity contribution in [1.82, 2.24) is 4.98 Å². The average Bonchev–Trinajstić information content (AvgIpc) is 1.96. The van der Waals surface area contributed by atoms with Gasteiger partial charge in [-0.3, -0.25) is 0 Å². The zero-order valence-corrected chi connectivity index (χ0v) is 8.31. The van der Waals surface area contributed by atoms with Gasteiger partial charge in [-0.2, -0.15) is 0 Å². The molecule has 0 aliphatic heterocycles. The Morgan fingerprint density at radius 3 is 2.58 bits per heavy atom. The van der Waals surface area contributed by atoms with Gasteiger partial charge >= 0.3 is 0 Å². The lowest BCUT2D eigenvalue weighted by Gasteiger charge is -2.09. The van der Waals surface area contributed by atoms with E-state index in [2.05, 4.69) is 4.98 Å². The fourth-order valence-corrected chi connectivity index (χ4v) is 1.37. The summed E-state index contributed by atoms with van der Waals surface area (Å²) in [5.41, 5.74) is 8.72. The van der Waals surface area contributed by atoms with Gasteiger partial charge in [-0.1, -0.05) is 11.6 Å². The highest BCUT2D eigenvalue weighted by molar-refractivity contribution is 6.30. The standard InChI is InChI=1S/C9H13ClN2/c1-5-4-8(6(2)11)9(10)12-7(5)3/h4,6H,11H2,1-3H3/t6-/m0/s1. The van der Waals surface area contributed by atoms with Crippen LogP contribution in [0.4, 0.5) is 0 Å². The van der Waals surface area contributed by atoms with Gasteiger partial charge in [0, 0.05) is 17.3 Å². The van der Waals surface area contributed by atoms with Crippen molar-refractivity contribution < 1.29 is 0 Å². The Bertz CT molecular complexity index is 295. The van der Waals surface area contributed by atoms with Crippen molar-refractivity contribution in [2.24, 2.45) is 5.73 Å². The monoisotopic (exact) mass is 184 g/mol. The molecule has 0 unspecified atom stereocenters. The highest BCUT2D eigenvalue weighted by atomic mass is 35.5. The van der Waals surface area contributed by atoms with Gasteiger partial charge in [-0.25, -0.2) is 4.98 Å². The van der Waals surface area contributed by atoms with E-state index in [0.29, 0.717) is 5.15 Å². The molecule has 0 fully saturated rings. The van der Waals surface area contributed by atoms with Crippen LogP contribution in [0.1, 0.15) is 29.8 Å². The van der Waals surface area contributed by atoms with Gasteiger partial charge < -0.3 is 5.73 Å². The normalized spacial score (nSPS) is 13.1. The molecular weight excluding hydrogens is 172 g/mol. The third kappa shape index (κ3) is 1.76. The number of aryl methyl sites for hydroxylation is 2. The van der Waals surface area contributed by atoms with Gasteiger partial charge in [0.25, 0.3) is 0 Å². The Morgan fingerprint density at radius 2 is 2.08 bits per heavy atom. The number of nitrogens with zero attached hydrogens (tertiary/aromatic N) is 1. The van der Waals surface area contributed by atoms with E-state index in [1.54, 1.807) is 0 Å². The van der Waals surface area contributed by atoms with E-state index in [9.17, 15) is 0 Å². The molecule has 0 aromatic carbocycles. The van der Waals surface area contributed by atoms with E-state index in [4.69, 9.17) is 17.3 Å². The van der Waals surface area contributed by atoms with Gasteiger partial charge in [0.2, 0.25) is 0 Å². The molecule has 0 amide bonds. The fourth-order valence-electron chi connectivity index (χ4n) is 1.02. The van der Waals surface area contributed by atoms with Crippen molar-refractivity contribution in [2.45, 2.75) is 26.8 Å². The molecule has 12 heavy (non-hydrogen) atoms. The third-order valence-electron chi connectivity index (χ3n) is 1.94. The molecule has 2 nitrogen and oxygen atoms in total. The molecule has 0 aliphatic rings. The lowest BCUT2D eigenvalue weighted by molar-refractivity contribution is 0.807. The topological polar surface area (TPSA) is 38.9 Å². The summed E-state index contributed by atoms with van der Waals surface area (Å²) in [6.45, 7) is 5.84. The summed E-state index contributed by atoms with van der Waals surface area (Å²) in [4.78, 5) is 4.18. The number of nitrogens with two attached hydrogens (primary N) is 1. The first-order valence-electron chi connectivity index (χ1n) is 3.91. The number of hydrogen-bond donors (Lipinski definition) is 1. The summed E-state index contributed by atoms with van der Waals surface area (Å²) in [7, 11) is 0. The van der Waals surface area contributed by atoms with Crippen molar-refractivity contribution in [2.75, 3.05) is 0 Å². The lowest BCUT2D eigenvalue weighted by Crippen LogP contribution is -2.07. The molecule has 1 heterocycles. The van der Waals surface area contributed by atoms with Gasteiger partial charge in [-0.05, 0) is 32.4 Å². The predicted molar refractivity (Wildman–Crippen MR) is 51.3 cm³/mol. The maximum absolute atomic E-state index is 5.91. The van der Waals surface area contributed by atoms with E-state index >= 15 is 0 Å². The summed E-state index contributed by atoms with van der Waals surface area (Å²) in [5.74, 6) is 0. The van der Waals surface area contributed by atoms with Crippen molar-refractivity contribution in [3.8, 4) is 0 Å². The number of halogens is 1. The van der Waals surface area contributed by atoms with E-state index in [0.717, 1.165) is 16.8 Å². The van der Waals surface area contributed by atoms with Gasteiger partial charge in [0.05, 0.1) is 0 Å². The molecule has 0 aliphatic carbocycles. The first-order chi connectivity index (χ1) is 5.52. The smallest absolute Gasteiger partial charge is 0.134 e. The van der Waals surface area contributed by atoms with Crippen LogP contribution < -0.4 is 5.73 Å². The molecule has 1 aromatic heterocycles. The SMILES string of the molecule is Cc1cc([C@H](C)N)c(Cl)nc1C. The Morgan fingerprint density at radius 1 is 1.50 bits per heavy atom. The Balaban J connectivity index is 3.23. The molecule has 66 valence electrons. The first kappa shape index (κ1) is 9.49. The molecule has 1 atom stereocenters. The van der Waals surface area contributed by atoms with Gasteiger partial charge in [0.15, 0.2) is 0 Å². The highest BCUT2D eigenvalue weighted by Gasteiger charge is 2.07. The molecule has 0 spiro atoms. The molecule has 3 heteroatoms. The molecule has 1 aromatic rings. The largest absolute Gasteiger partial charge is 0.324 e. The molecule has 0 radical (unpaired) electrons. The van der Waals surface area contributed by atoms with Gasteiger partial charge in [-0.15, -0.1) is 0 Å². The van der Waals surface area contributed by atoms with Crippen molar-refractivity contribution >= 4 is 11.6 Å². The number of rotatable bonds is 1. The molecule has 0 bridgehead atoms. The van der Waals surface area contributed by atoms with Crippen LogP contribution >= 0.6 is 11.6 Å². The summed E-state index contributed by atoms with van der Waals surface area (Å²) in [5, 5.41) is 0.521. The first-order valence-corrected chi connectivity index (χ1v) is 4.29. The van der Waals surface area contributed by atoms with Crippen molar-refractivity contribution in [3.63, 3.8) is 0 Å². The Hall–Kier alpha value is -0.600. The van der Waals surface area contributed by atoms with Crippen LogP contribution in [0, 0.1) is 13.8 Å². The minimum absolute atomic E-state index is 0.0516. The van der Waals surface area contributed by atoms with Crippen molar-refractivity contribution in [1.29, 1.82) is 0 Å². The summed E-state index contributed by atoms with van der Waals surface area (Å²) >= 11 is 5.91. The van der Waals surface area contributed by atoms with E-state index < -0.39 is 0 Å². The summed E-state index contributed by atoms with van der Waals surface area (Å²) < 4.78 is 0. The molecule has 2 N–H and O–H groups in total. The van der Waals surface area contributed by atoms with E-state index in [1.807, 2.05) is 26.8 Å². The second kappa shape index (κ2) is 3.42. The summed E-state index contributed by atoms with van der Waals surface area (Å²) in [6, 6.07) is 1.94. The molecule has 1 rings (SSSR count). The quantitative estimate of drug-likeness (QED) is 0.681. The van der Waals surface area contributed by atoms with Crippen LogP contribution in [0.3, 0.4) is 0 Å². The van der Waals surface area contributed by atoms with Crippen LogP contribution in [0.15, 0.2) is 6.07 Å². The average molecular weight is 185 g/mol. The molecule has 0 saturated carbocycles. The molecule has 0 saturated heterocycles. The van der Waals surface area contributed by atoms with Crippen LogP contribution in [-0.4, -0.2) is 4.98 Å². The van der Waals surface area contributed by atoms with Gasteiger partial charge in [0.1, 0.15) is 5.15 Å². The fraction of sp³-hybridized carbons (Fsp3) is 0.444. The Labute approximate surface area is 77.8 Å². The summed E-state index contributed by atoms with van der Waals surface area (Å²) in [6.07, 6.45) is 0. The zero-order chi connectivity index (χ0) is 9.30. The maximum atomic E-state index is 5.91.